The lowest BCUT2D eigenvalue weighted by molar-refractivity contribution is 0.0909. The number of aromatic nitrogens is 2. The zero-order valence-electron chi connectivity index (χ0n) is 11.5. The molecule has 2 aliphatic rings. The van der Waals surface area contributed by atoms with Gasteiger partial charge in [-0.1, -0.05) is 18.2 Å². The van der Waals surface area contributed by atoms with E-state index in [0.29, 0.717) is 23.7 Å². The zero-order valence-corrected chi connectivity index (χ0v) is 11.5. The van der Waals surface area contributed by atoms with Gasteiger partial charge in [0.2, 0.25) is 0 Å². The summed E-state index contributed by atoms with van der Waals surface area (Å²) in [6.07, 6.45) is 2.28. The Bertz CT molecular complexity index is 663. The van der Waals surface area contributed by atoms with Gasteiger partial charge in [0.25, 0.3) is 5.91 Å². The van der Waals surface area contributed by atoms with Crippen LogP contribution in [0.1, 0.15) is 23.3 Å². The number of amides is 1. The summed E-state index contributed by atoms with van der Waals surface area (Å²) in [6, 6.07) is 8.68. The second-order valence-electron chi connectivity index (χ2n) is 6.02. The van der Waals surface area contributed by atoms with Gasteiger partial charge in [0, 0.05) is 24.0 Å². The molecule has 1 aromatic heterocycles. The number of likely N-dealkylation sites (tertiary alicyclic amines) is 1. The van der Waals surface area contributed by atoms with E-state index in [1.807, 2.05) is 24.3 Å². The molecular weight excluding hydrogens is 252 g/mol. The number of fused-ring (bicyclic) bond motifs is 3. The number of aromatic amines is 1. The topological polar surface area (TPSA) is 61.0 Å². The van der Waals surface area contributed by atoms with E-state index in [0.717, 1.165) is 23.9 Å². The van der Waals surface area contributed by atoms with Gasteiger partial charge in [-0.25, -0.2) is 0 Å². The molecule has 20 heavy (non-hydrogen) atoms. The van der Waals surface area contributed by atoms with E-state index in [-0.39, 0.29) is 5.91 Å². The van der Waals surface area contributed by atoms with Crippen molar-refractivity contribution in [3.05, 3.63) is 30.0 Å². The van der Waals surface area contributed by atoms with Crippen molar-refractivity contribution >= 4 is 16.8 Å². The number of hydrogen-bond donors (Lipinski definition) is 2. The largest absolute Gasteiger partial charge is 0.348 e. The Morgan fingerprint density at radius 1 is 1.40 bits per heavy atom. The highest BCUT2D eigenvalue weighted by atomic mass is 16.2. The van der Waals surface area contributed by atoms with Crippen LogP contribution in [0, 0.1) is 5.92 Å². The van der Waals surface area contributed by atoms with Crippen LogP contribution >= 0.6 is 0 Å². The van der Waals surface area contributed by atoms with Crippen molar-refractivity contribution in [3.8, 4) is 0 Å². The van der Waals surface area contributed by atoms with Crippen LogP contribution in [0.25, 0.3) is 10.9 Å². The number of rotatable bonds is 2. The molecule has 1 aliphatic carbocycles. The van der Waals surface area contributed by atoms with Crippen molar-refractivity contribution in [2.45, 2.75) is 24.9 Å². The summed E-state index contributed by atoms with van der Waals surface area (Å²) in [5, 5.41) is 11.2. The highest BCUT2D eigenvalue weighted by molar-refractivity contribution is 6.04. The van der Waals surface area contributed by atoms with E-state index < -0.39 is 0 Å². The van der Waals surface area contributed by atoms with Crippen LogP contribution in [0.2, 0.25) is 0 Å². The molecule has 2 fully saturated rings. The van der Waals surface area contributed by atoms with Gasteiger partial charge < -0.3 is 10.2 Å². The number of benzene rings is 1. The first-order chi connectivity index (χ1) is 9.72. The number of carbonyl (C=O) groups is 1. The Hall–Kier alpha value is -1.88. The van der Waals surface area contributed by atoms with Crippen molar-refractivity contribution in [1.29, 1.82) is 0 Å². The third kappa shape index (κ3) is 1.73. The van der Waals surface area contributed by atoms with Crippen LogP contribution in [0.15, 0.2) is 24.3 Å². The average molecular weight is 270 g/mol. The molecule has 2 heterocycles. The van der Waals surface area contributed by atoms with Gasteiger partial charge in [0.1, 0.15) is 0 Å². The molecule has 5 nitrogen and oxygen atoms in total. The first-order valence-electron chi connectivity index (χ1n) is 7.16. The Balaban J connectivity index is 1.54. The maximum absolute atomic E-state index is 12.4. The second-order valence-corrected chi connectivity index (χ2v) is 6.02. The number of carbonyl (C=O) groups excluding carboxylic acids is 1. The van der Waals surface area contributed by atoms with E-state index in [9.17, 15) is 4.79 Å². The zero-order chi connectivity index (χ0) is 13.7. The van der Waals surface area contributed by atoms with Gasteiger partial charge in [-0.05, 0) is 31.9 Å². The quantitative estimate of drug-likeness (QED) is 0.867. The van der Waals surface area contributed by atoms with Crippen LogP contribution in [0.5, 0.6) is 0 Å². The highest BCUT2D eigenvalue weighted by Gasteiger charge is 2.43. The monoisotopic (exact) mass is 270 g/mol. The predicted molar refractivity (Wildman–Crippen MR) is 76.5 cm³/mol. The van der Waals surface area contributed by atoms with E-state index >= 15 is 0 Å². The first-order valence-corrected chi connectivity index (χ1v) is 7.16. The van der Waals surface area contributed by atoms with Crippen molar-refractivity contribution in [2.24, 2.45) is 5.92 Å². The summed E-state index contributed by atoms with van der Waals surface area (Å²) in [5.74, 6) is 0.543. The second kappa shape index (κ2) is 4.31. The minimum Gasteiger partial charge on any atom is -0.348 e. The number of hydrogen-bond acceptors (Lipinski definition) is 3. The van der Waals surface area contributed by atoms with Crippen LogP contribution in [-0.4, -0.2) is 46.7 Å². The molecule has 4 rings (SSSR count). The van der Waals surface area contributed by atoms with Gasteiger partial charge in [-0.15, -0.1) is 0 Å². The molecular formula is C15H18N4O. The lowest BCUT2D eigenvalue weighted by Gasteiger charge is -2.28. The van der Waals surface area contributed by atoms with Crippen molar-refractivity contribution in [3.63, 3.8) is 0 Å². The van der Waals surface area contributed by atoms with Crippen molar-refractivity contribution < 1.29 is 4.79 Å². The molecule has 1 amide bonds. The summed E-state index contributed by atoms with van der Waals surface area (Å²) in [4.78, 5) is 14.8. The summed E-state index contributed by atoms with van der Waals surface area (Å²) in [6.45, 7) is 1.09. The molecule has 0 radical (unpaired) electrons. The SMILES string of the molecule is CN1CC2CC1CC2NC(=O)c1n[nH]c2ccccc12. The van der Waals surface area contributed by atoms with Crippen LogP contribution in [0.4, 0.5) is 0 Å². The number of para-hydroxylation sites is 1. The predicted octanol–water partition coefficient (Wildman–Crippen LogP) is 1.39. The molecule has 3 unspecified atom stereocenters. The third-order valence-electron chi connectivity index (χ3n) is 4.82. The molecule has 0 spiro atoms. The fraction of sp³-hybridized carbons (Fsp3) is 0.467. The molecule has 2 aromatic rings. The summed E-state index contributed by atoms with van der Waals surface area (Å²) >= 11 is 0. The maximum Gasteiger partial charge on any atom is 0.272 e. The van der Waals surface area contributed by atoms with Crippen LogP contribution in [0.3, 0.4) is 0 Å². The van der Waals surface area contributed by atoms with E-state index in [1.165, 1.54) is 6.42 Å². The Labute approximate surface area is 117 Å². The van der Waals surface area contributed by atoms with Gasteiger partial charge in [-0.2, -0.15) is 5.10 Å². The fourth-order valence-electron chi connectivity index (χ4n) is 3.73. The van der Waals surface area contributed by atoms with Crippen molar-refractivity contribution in [2.75, 3.05) is 13.6 Å². The molecule has 5 heteroatoms. The van der Waals surface area contributed by atoms with E-state index in [1.54, 1.807) is 0 Å². The molecule has 1 aliphatic heterocycles. The molecule has 2 bridgehead atoms. The molecule has 1 aromatic carbocycles. The molecule has 3 atom stereocenters. The van der Waals surface area contributed by atoms with E-state index in [4.69, 9.17) is 0 Å². The summed E-state index contributed by atoms with van der Waals surface area (Å²) in [7, 11) is 2.17. The first kappa shape index (κ1) is 11.9. The molecule has 1 saturated heterocycles. The Morgan fingerprint density at radius 3 is 3.00 bits per heavy atom. The lowest BCUT2D eigenvalue weighted by atomic mass is 10.0. The van der Waals surface area contributed by atoms with Crippen LogP contribution < -0.4 is 5.32 Å². The maximum atomic E-state index is 12.4. The van der Waals surface area contributed by atoms with Gasteiger partial charge in [0.15, 0.2) is 5.69 Å². The average Bonchev–Trinajstić information content (AvgIpc) is 3.11. The third-order valence-corrected chi connectivity index (χ3v) is 4.82. The summed E-state index contributed by atoms with van der Waals surface area (Å²) < 4.78 is 0. The number of piperidine rings is 1. The highest BCUT2D eigenvalue weighted by Crippen LogP contribution is 2.36. The number of H-pyrrole nitrogens is 1. The molecule has 104 valence electrons. The Kier molecular flexibility index (Phi) is 2.57. The number of nitrogens with zero attached hydrogens (tertiary/aromatic N) is 2. The molecule has 1 saturated carbocycles. The number of nitrogens with one attached hydrogen (secondary N) is 2. The smallest absolute Gasteiger partial charge is 0.272 e. The van der Waals surface area contributed by atoms with E-state index in [2.05, 4.69) is 27.5 Å². The summed E-state index contributed by atoms with van der Waals surface area (Å²) in [5.41, 5.74) is 1.42. The van der Waals surface area contributed by atoms with Gasteiger partial charge >= 0.3 is 0 Å². The minimum atomic E-state index is -0.0531. The van der Waals surface area contributed by atoms with Crippen LogP contribution in [-0.2, 0) is 0 Å². The standard InChI is InChI=1S/C15H18N4O/c1-19-8-9-6-10(19)7-13(9)16-15(20)14-11-4-2-3-5-12(11)17-18-14/h2-5,9-10,13H,6-8H2,1H3,(H,16,20)(H,17,18). The minimum absolute atomic E-state index is 0.0531. The Morgan fingerprint density at radius 2 is 2.25 bits per heavy atom. The normalized spacial score (nSPS) is 29.1. The lowest BCUT2D eigenvalue weighted by Crippen LogP contribution is -2.44. The fourth-order valence-corrected chi connectivity index (χ4v) is 3.73. The van der Waals surface area contributed by atoms with Gasteiger partial charge in [0.05, 0.1) is 5.52 Å². The van der Waals surface area contributed by atoms with Crippen molar-refractivity contribution in [1.82, 2.24) is 20.4 Å². The van der Waals surface area contributed by atoms with Gasteiger partial charge in [-0.3, -0.25) is 9.89 Å². The molecule has 2 N–H and O–H groups in total.